The van der Waals surface area contributed by atoms with Crippen LogP contribution in [0.15, 0.2) is 28.6 Å². The Morgan fingerprint density at radius 2 is 2.21 bits per heavy atom. The van der Waals surface area contributed by atoms with E-state index in [0.29, 0.717) is 0 Å². The minimum Gasteiger partial charge on any atom is -0.452 e. The number of hydrogen-bond donors (Lipinski definition) is 1. The van der Waals surface area contributed by atoms with Gasteiger partial charge in [-0.3, -0.25) is 9.59 Å². The van der Waals surface area contributed by atoms with E-state index in [-0.39, 0.29) is 5.75 Å². The maximum atomic E-state index is 11.5. The zero-order valence-electron chi connectivity index (χ0n) is 10.2. The number of nitrogens with zero attached hydrogens (tertiary/aromatic N) is 1. The molecule has 2 aromatic rings. The van der Waals surface area contributed by atoms with Crippen LogP contribution in [0.5, 0.6) is 0 Å². The van der Waals surface area contributed by atoms with Gasteiger partial charge in [0, 0.05) is 0 Å². The van der Waals surface area contributed by atoms with Crippen molar-refractivity contribution in [2.24, 2.45) is 5.73 Å². The van der Waals surface area contributed by atoms with E-state index in [0.717, 1.165) is 14.6 Å². The first-order valence-corrected chi connectivity index (χ1v) is 7.33. The number of esters is 1. The summed E-state index contributed by atoms with van der Waals surface area (Å²) in [7, 11) is 0. The molecule has 1 atom stereocenters. The monoisotopic (exact) mass is 296 g/mol. The first kappa shape index (κ1) is 13.8. The Bertz CT molecular complexity index is 579. The second-order valence-corrected chi connectivity index (χ2v) is 6.02. The summed E-state index contributed by atoms with van der Waals surface area (Å²) in [5.74, 6) is -1.02. The molecule has 0 spiro atoms. The minimum atomic E-state index is -0.900. The molecule has 0 saturated carbocycles. The van der Waals surface area contributed by atoms with Crippen molar-refractivity contribution in [3.05, 3.63) is 24.3 Å². The Morgan fingerprint density at radius 3 is 2.89 bits per heavy atom. The van der Waals surface area contributed by atoms with E-state index < -0.39 is 18.0 Å². The van der Waals surface area contributed by atoms with Gasteiger partial charge in [-0.15, -0.1) is 11.3 Å². The number of carbonyl (C=O) groups is 2. The van der Waals surface area contributed by atoms with Gasteiger partial charge in [-0.25, -0.2) is 4.98 Å². The van der Waals surface area contributed by atoms with Gasteiger partial charge in [0.25, 0.3) is 5.91 Å². The molecule has 0 aliphatic carbocycles. The first-order chi connectivity index (χ1) is 9.06. The lowest BCUT2D eigenvalue weighted by Crippen LogP contribution is -2.30. The Balaban J connectivity index is 1.91. The fraction of sp³-hybridized carbons (Fsp3) is 0.250. The minimum absolute atomic E-state index is 0.109. The van der Waals surface area contributed by atoms with Crippen molar-refractivity contribution < 1.29 is 14.3 Å². The van der Waals surface area contributed by atoms with Crippen molar-refractivity contribution >= 4 is 45.2 Å². The van der Waals surface area contributed by atoms with E-state index in [1.165, 1.54) is 30.0 Å². The number of ether oxygens (including phenoxy) is 1. The van der Waals surface area contributed by atoms with Crippen LogP contribution in [0, 0.1) is 0 Å². The van der Waals surface area contributed by atoms with Crippen molar-refractivity contribution in [2.45, 2.75) is 17.4 Å². The molecule has 100 valence electrons. The topological polar surface area (TPSA) is 82.3 Å². The first-order valence-electron chi connectivity index (χ1n) is 5.53. The summed E-state index contributed by atoms with van der Waals surface area (Å²) in [5, 5.41) is 0. The van der Waals surface area contributed by atoms with Crippen molar-refractivity contribution in [2.75, 3.05) is 5.75 Å². The molecule has 2 rings (SSSR count). The van der Waals surface area contributed by atoms with Gasteiger partial charge >= 0.3 is 5.97 Å². The van der Waals surface area contributed by atoms with Crippen LogP contribution in [0.3, 0.4) is 0 Å². The van der Waals surface area contributed by atoms with Gasteiger partial charge in [-0.05, 0) is 19.1 Å². The van der Waals surface area contributed by atoms with E-state index >= 15 is 0 Å². The number of thiazole rings is 1. The molecule has 0 aliphatic rings. The third-order valence-electron chi connectivity index (χ3n) is 2.30. The molecular weight excluding hydrogens is 284 g/mol. The number of carbonyl (C=O) groups excluding carboxylic acids is 2. The third kappa shape index (κ3) is 3.68. The molecule has 0 saturated heterocycles. The standard InChI is InChI=1S/C12H12N2O3S2/c1-7(11(13)16)17-10(15)6-18-12-14-8-4-2-3-5-9(8)19-12/h2-5,7H,6H2,1H3,(H2,13,16)/t7-/m1/s1. The summed E-state index contributed by atoms with van der Waals surface area (Å²) in [4.78, 5) is 26.6. The highest BCUT2D eigenvalue weighted by atomic mass is 32.2. The lowest BCUT2D eigenvalue weighted by atomic mass is 10.3. The number of amides is 1. The summed E-state index contributed by atoms with van der Waals surface area (Å²) in [5.41, 5.74) is 5.92. The normalized spacial score (nSPS) is 12.3. The quantitative estimate of drug-likeness (QED) is 0.672. The largest absolute Gasteiger partial charge is 0.452 e. The average Bonchev–Trinajstić information content (AvgIpc) is 2.78. The lowest BCUT2D eigenvalue weighted by molar-refractivity contribution is -0.151. The Labute approximate surface area is 118 Å². The summed E-state index contributed by atoms with van der Waals surface area (Å²) in [6.45, 7) is 1.45. The highest BCUT2D eigenvalue weighted by molar-refractivity contribution is 8.01. The molecule has 7 heteroatoms. The number of thioether (sulfide) groups is 1. The summed E-state index contributed by atoms with van der Waals surface area (Å²) in [6.07, 6.45) is -0.900. The number of benzene rings is 1. The smallest absolute Gasteiger partial charge is 0.317 e. The van der Waals surface area contributed by atoms with Crippen molar-refractivity contribution in [1.29, 1.82) is 0 Å². The number of para-hydroxylation sites is 1. The molecule has 0 unspecified atom stereocenters. The van der Waals surface area contributed by atoms with Gasteiger partial charge in [0.05, 0.1) is 16.0 Å². The molecule has 0 bridgehead atoms. The number of primary amides is 1. The summed E-state index contributed by atoms with van der Waals surface area (Å²) < 4.78 is 6.72. The van der Waals surface area contributed by atoms with Gasteiger partial charge in [0.2, 0.25) is 0 Å². The van der Waals surface area contributed by atoms with Crippen molar-refractivity contribution in [1.82, 2.24) is 4.98 Å². The number of fused-ring (bicyclic) bond motifs is 1. The molecule has 1 amide bonds. The van der Waals surface area contributed by atoms with Crippen LogP contribution in [-0.2, 0) is 14.3 Å². The molecule has 19 heavy (non-hydrogen) atoms. The number of aromatic nitrogens is 1. The molecule has 1 heterocycles. The highest BCUT2D eigenvalue weighted by Crippen LogP contribution is 2.29. The van der Waals surface area contributed by atoms with Gasteiger partial charge in [-0.1, -0.05) is 23.9 Å². The van der Waals surface area contributed by atoms with E-state index in [9.17, 15) is 9.59 Å². The van der Waals surface area contributed by atoms with Crippen LogP contribution in [0.25, 0.3) is 10.2 Å². The van der Waals surface area contributed by atoms with Gasteiger partial charge in [-0.2, -0.15) is 0 Å². The molecule has 0 aliphatic heterocycles. The maximum Gasteiger partial charge on any atom is 0.317 e. The van der Waals surface area contributed by atoms with Crippen molar-refractivity contribution in [3.63, 3.8) is 0 Å². The SMILES string of the molecule is C[C@@H](OC(=O)CSc1nc2ccccc2s1)C(N)=O. The van der Waals surface area contributed by atoms with Crippen molar-refractivity contribution in [3.8, 4) is 0 Å². The predicted octanol–water partition coefficient (Wildman–Crippen LogP) is 1.81. The van der Waals surface area contributed by atoms with Crippen LogP contribution < -0.4 is 5.73 Å². The molecule has 2 N–H and O–H groups in total. The van der Waals surface area contributed by atoms with Crippen LogP contribution >= 0.6 is 23.1 Å². The van der Waals surface area contributed by atoms with Crippen LogP contribution in [-0.4, -0.2) is 28.7 Å². The van der Waals surface area contributed by atoms with Gasteiger partial charge < -0.3 is 10.5 Å². The lowest BCUT2D eigenvalue weighted by Gasteiger charge is -2.08. The molecule has 0 fully saturated rings. The molecule has 5 nitrogen and oxygen atoms in total. The van der Waals surface area contributed by atoms with E-state index in [4.69, 9.17) is 10.5 Å². The molecule has 1 aromatic carbocycles. The number of nitrogens with two attached hydrogens (primary N) is 1. The van der Waals surface area contributed by atoms with Crippen LogP contribution in [0.1, 0.15) is 6.92 Å². The van der Waals surface area contributed by atoms with Gasteiger partial charge in [0.15, 0.2) is 10.4 Å². The third-order valence-corrected chi connectivity index (χ3v) is 4.45. The zero-order valence-corrected chi connectivity index (χ0v) is 11.8. The highest BCUT2D eigenvalue weighted by Gasteiger charge is 2.15. The molecule has 0 radical (unpaired) electrons. The maximum absolute atomic E-state index is 11.5. The zero-order chi connectivity index (χ0) is 13.8. The summed E-state index contributed by atoms with van der Waals surface area (Å²) in [6, 6.07) is 7.75. The second kappa shape index (κ2) is 6.03. The Morgan fingerprint density at radius 1 is 1.47 bits per heavy atom. The number of hydrogen-bond acceptors (Lipinski definition) is 6. The predicted molar refractivity (Wildman–Crippen MR) is 75.1 cm³/mol. The fourth-order valence-electron chi connectivity index (χ4n) is 1.32. The molecule has 1 aromatic heterocycles. The Hall–Kier alpha value is -1.60. The van der Waals surface area contributed by atoms with E-state index in [1.54, 1.807) is 0 Å². The second-order valence-electron chi connectivity index (χ2n) is 3.77. The van der Waals surface area contributed by atoms with Crippen LogP contribution in [0.4, 0.5) is 0 Å². The number of rotatable bonds is 5. The fourth-order valence-corrected chi connectivity index (χ4v) is 3.17. The molecular formula is C12H12N2O3S2. The van der Waals surface area contributed by atoms with E-state index in [2.05, 4.69) is 4.98 Å². The average molecular weight is 296 g/mol. The van der Waals surface area contributed by atoms with Gasteiger partial charge in [0.1, 0.15) is 0 Å². The van der Waals surface area contributed by atoms with Crippen LogP contribution in [0.2, 0.25) is 0 Å². The van der Waals surface area contributed by atoms with E-state index in [1.807, 2.05) is 24.3 Å². The summed E-state index contributed by atoms with van der Waals surface area (Å²) >= 11 is 2.81. The Kier molecular flexibility index (Phi) is 4.39.